The van der Waals surface area contributed by atoms with Crippen LogP contribution < -0.4 is 10.6 Å². The maximum atomic E-state index is 4.57. The Morgan fingerprint density at radius 3 is 2.24 bits per heavy atom. The molecule has 0 aliphatic heterocycles. The van der Waals surface area contributed by atoms with Gasteiger partial charge in [0.1, 0.15) is 0 Å². The van der Waals surface area contributed by atoms with Gasteiger partial charge in [-0.2, -0.15) is 0 Å². The number of nitrogens with one attached hydrogen (secondary N) is 2. The molecule has 0 amide bonds. The number of nitrogens with zero attached hydrogens (tertiary/aromatic N) is 1. The van der Waals surface area contributed by atoms with Crippen LogP contribution in [0.4, 0.5) is 0 Å². The zero-order chi connectivity index (χ0) is 12.4. The highest BCUT2D eigenvalue weighted by molar-refractivity contribution is 14.0. The molecule has 1 atom stereocenters. The van der Waals surface area contributed by atoms with Crippen molar-refractivity contribution in [2.45, 2.75) is 59.9 Å². The fourth-order valence-electron chi connectivity index (χ4n) is 1.26. The maximum Gasteiger partial charge on any atom is 0.191 e. The van der Waals surface area contributed by atoms with E-state index in [1.54, 1.807) is 0 Å². The van der Waals surface area contributed by atoms with Gasteiger partial charge in [0, 0.05) is 19.1 Å². The fraction of sp³-hybridized carbons (Fsp3) is 0.923. The molecule has 2 N–H and O–H groups in total. The van der Waals surface area contributed by atoms with Crippen LogP contribution in [-0.4, -0.2) is 25.1 Å². The summed E-state index contributed by atoms with van der Waals surface area (Å²) < 4.78 is 0. The molecular formula is C13H30IN3. The molecule has 0 aromatic heterocycles. The van der Waals surface area contributed by atoms with Gasteiger partial charge >= 0.3 is 0 Å². The number of aliphatic imine (C=N–C) groups is 1. The number of guanidine groups is 1. The molecular weight excluding hydrogens is 325 g/mol. The third-order valence-corrected chi connectivity index (χ3v) is 2.74. The van der Waals surface area contributed by atoms with Crippen LogP contribution in [0.15, 0.2) is 4.99 Å². The molecule has 3 nitrogen and oxygen atoms in total. The highest BCUT2D eigenvalue weighted by Gasteiger charge is 2.08. The highest BCUT2D eigenvalue weighted by atomic mass is 127. The van der Waals surface area contributed by atoms with Crippen molar-refractivity contribution in [1.29, 1.82) is 0 Å². The molecule has 0 saturated carbocycles. The molecule has 0 radical (unpaired) electrons. The lowest BCUT2D eigenvalue weighted by Crippen LogP contribution is -2.44. The molecule has 0 aromatic rings. The van der Waals surface area contributed by atoms with E-state index in [0.717, 1.165) is 19.0 Å². The van der Waals surface area contributed by atoms with Gasteiger partial charge in [0.05, 0.1) is 0 Å². The van der Waals surface area contributed by atoms with Crippen molar-refractivity contribution in [2.24, 2.45) is 10.9 Å². The van der Waals surface area contributed by atoms with Crippen LogP contribution in [0.3, 0.4) is 0 Å². The number of rotatable bonds is 7. The third-order valence-electron chi connectivity index (χ3n) is 2.74. The number of unbranched alkanes of at least 4 members (excludes halogenated alkanes) is 2. The topological polar surface area (TPSA) is 36.4 Å². The molecule has 0 aromatic carbocycles. The van der Waals surface area contributed by atoms with Crippen molar-refractivity contribution in [3.05, 3.63) is 0 Å². The van der Waals surface area contributed by atoms with Gasteiger partial charge in [0.2, 0.25) is 0 Å². The minimum Gasteiger partial charge on any atom is -0.357 e. The van der Waals surface area contributed by atoms with E-state index in [9.17, 15) is 0 Å². The average molecular weight is 355 g/mol. The smallest absolute Gasteiger partial charge is 0.191 e. The van der Waals surface area contributed by atoms with Gasteiger partial charge in [0.15, 0.2) is 5.96 Å². The Kier molecular flexibility index (Phi) is 14.2. The van der Waals surface area contributed by atoms with E-state index in [-0.39, 0.29) is 24.0 Å². The van der Waals surface area contributed by atoms with E-state index in [1.165, 1.54) is 19.3 Å². The summed E-state index contributed by atoms with van der Waals surface area (Å²) >= 11 is 0. The third kappa shape index (κ3) is 10.9. The SMILES string of the molecule is CCCCCN=C(NCC)NC(C)C(C)C.I. The first-order chi connectivity index (χ1) is 7.61. The van der Waals surface area contributed by atoms with Gasteiger partial charge in [0.25, 0.3) is 0 Å². The Morgan fingerprint density at radius 2 is 1.76 bits per heavy atom. The highest BCUT2D eigenvalue weighted by Crippen LogP contribution is 1.99. The van der Waals surface area contributed by atoms with E-state index < -0.39 is 0 Å². The maximum absolute atomic E-state index is 4.57. The molecule has 0 saturated heterocycles. The zero-order valence-electron chi connectivity index (χ0n) is 12.0. The van der Waals surface area contributed by atoms with Crippen LogP contribution in [0, 0.1) is 5.92 Å². The van der Waals surface area contributed by atoms with Gasteiger partial charge in [-0.05, 0) is 26.2 Å². The number of hydrogen-bond acceptors (Lipinski definition) is 1. The van der Waals surface area contributed by atoms with Crippen molar-refractivity contribution in [3.63, 3.8) is 0 Å². The number of hydrogen-bond donors (Lipinski definition) is 2. The molecule has 0 aliphatic rings. The van der Waals surface area contributed by atoms with Gasteiger partial charge in [-0.3, -0.25) is 4.99 Å². The molecule has 0 fully saturated rings. The summed E-state index contributed by atoms with van der Waals surface area (Å²) in [6.45, 7) is 12.8. The molecule has 17 heavy (non-hydrogen) atoms. The molecule has 4 heteroatoms. The minimum atomic E-state index is 0. The van der Waals surface area contributed by atoms with Crippen LogP contribution in [0.1, 0.15) is 53.9 Å². The first-order valence-corrected chi connectivity index (χ1v) is 6.66. The lowest BCUT2D eigenvalue weighted by Gasteiger charge is -2.20. The Balaban J connectivity index is 0. The van der Waals surface area contributed by atoms with Crippen molar-refractivity contribution in [1.82, 2.24) is 10.6 Å². The average Bonchev–Trinajstić information content (AvgIpc) is 2.24. The van der Waals surface area contributed by atoms with Gasteiger partial charge < -0.3 is 10.6 Å². The van der Waals surface area contributed by atoms with Crippen molar-refractivity contribution in [3.8, 4) is 0 Å². The molecule has 0 aliphatic carbocycles. The summed E-state index contributed by atoms with van der Waals surface area (Å²) in [4.78, 5) is 4.57. The number of halogens is 1. The Bertz CT molecular complexity index is 193. The summed E-state index contributed by atoms with van der Waals surface area (Å²) in [6, 6.07) is 0.462. The van der Waals surface area contributed by atoms with Gasteiger partial charge in [-0.15, -0.1) is 24.0 Å². The Labute approximate surface area is 124 Å². The lowest BCUT2D eigenvalue weighted by atomic mass is 10.1. The van der Waals surface area contributed by atoms with Gasteiger partial charge in [-0.25, -0.2) is 0 Å². The molecule has 104 valence electrons. The van der Waals surface area contributed by atoms with Crippen LogP contribution in [0.5, 0.6) is 0 Å². The van der Waals surface area contributed by atoms with E-state index in [1.807, 2.05) is 0 Å². The minimum absolute atomic E-state index is 0. The molecule has 1 unspecified atom stereocenters. The van der Waals surface area contributed by atoms with E-state index in [0.29, 0.717) is 12.0 Å². The molecule has 0 heterocycles. The van der Waals surface area contributed by atoms with E-state index in [4.69, 9.17) is 0 Å². The second kappa shape index (κ2) is 12.5. The summed E-state index contributed by atoms with van der Waals surface area (Å²) in [5.41, 5.74) is 0. The summed E-state index contributed by atoms with van der Waals surface area (Å²) in [6.07, 6.45) is 3.70. The predicted octanol–water partition coefficient (Wildman–Crippen LogP) is 3.39. The summed E-state index contributed by atoms with van der Waals surface area (Å²) in [7, 11) is 0. The van der Waals surface area contributed by atoms with Crippen molar-refractivity contribution in [2.75, 3.05) is 13.1 Å². The first kappa shape index (κ1) is 19.3. The largest absolute Gasteiger partial charge is 0.357 e. The van der Waals surface area contributed by atoms with Crippen LogP contribution >= 0.6 is 24.0 Å². The van der Waals surface area contributed by atoms with E-state index >= 15 is 0 Å². The molecule has 0 spiro atoms. The van der Waals surface area contributed by atoms with Crippen LogP contribution in [0.2, 0.25) is 0 Å². The lowest BCUT2D eigenvalue weighted by molar-refractivity contribution is 0.480. The molecule has 0 bridgehead atoms. The van der Waals surface area contributed by atoms with Crippen molar-refractivity contribution >= 4 is 29.9 Å². The zero-order valence-corrected chi connectivity index (χ0v) is 14.4. The Hall–Kier alpha value is 0. The monoisotopic (exact) mass is 355 g/mol. The predicted molar refractivity (Wildman–Crippen MR) is 88.4 cm³/mol. The van der Waals surface area contributed by atoms with E-state index in [2.05, 4.69) is 50.2 Å². The molecule has 0 rings (SSSR count). The second-order valence-corrected chi connectivity index (χ2v) is 4.64. The summed E-state index contributed by atoms with van der Waals surface area (Å²) in [5, 5.41) is 6.72. The van der Waals surface area contributed by atoms with Crippen molar-refractivity contribution < 1.29 is 0 Å². The quantitative estimate of drug-likeness (QED) is 0.318. The first-order valence-electron chi connectivity index (χ1n) is 6.66. The second-order valence-electron chi connectivity index (χ2n) is 4.64. The standard InChI is InChI=1S/C13H29N3.HI/c1-6-8-9-10-15-13(14-7-2)16-12(5)11(3)4;/h11-12H,6-10H2,1-5H3,(H2,14,15,16);1H. The van der Waals surface area contributed by atoms with Crippen LogP contribution in [-0.2, 0) is 0 Å². The Morgan fingerprint density at radius 1 is 1.12 bits per heavy atom. The van der Waals surface area contributed by atoms with Crippen LogP contribution in [0.25, 0.3) is 0 Å². The summed E-state index contributed by atoms with van der Waals surface area (Å²) in [5.74, 6) is 1.58. The fourth-order valence-corrected chi connectivity index (χ4v) is 1.26. The normalized spacial score (nSPS) is 13.2. The van der Waals surface area contributed by atoms with Gasteiger partial charge in [-0.1, -0.05) is 33.6 Å².